The van der Waals surface area contributed by atoms with Crippen LogP contribution in [0, 0.1) is 12.7 Å². The molecule has 2 heterocycles. The highest BCUT2D eigenvalue weighted by Gasteiger charge is 2.24. The summed E-state index contributed by atoms with van der Waals surface area (Å²) < 4.78 is 14.7. The average molecular weight is 339 g/mol. The molecule has 0 bridgehead atoms. The molecule has 1 N–H and O–H groups in total. The Labute approximate surface area is 140 Å². The Kier molecular flexibility index (Phi) is 5.38. The Hall–Kier alpha value is -1.92. The fourth-order valence-corrected chi connectivity index (χ4v) is 2.70. The van der Waals surface area contributed by atoms with Crippen LogP contribution in [-0.2, 0) is 0 Å². The van der Waals surface area contributed by atoms with Gasteiger partial charge in [0.05, 0.1) is 5.69 Å². The van der Waals surface area contributed by atoms with Gasteiger partial charge in [0, 0.05) is 31.4 Å². The van der Waals surface area contributed by atoms with E-state index in [0.717, 1.165) is 17.9 Å². The first-order chi connectivity index (χ1) is 10.5. The molecule has 1 aromatic heterocycles. The first-order valence-corrected chi connectivity index (χ1v) is 7.40. The molecule has 1 aromatic carbocycles. The maximum atomic E-state index is 13.0. The number of hydrogen-bond acceptors (Lipinski definition) is 3. The molecule has 3 rings (SSSR count). The van der Waals surface area contributed by atoms with Crippen LogP contribution in [0.25, 0.3) is 5.69 Å². The fourth-order valence-electron chi connectivity index (χ4n) is 2.70. The van der Waals surface area contributed by atoms with Gasteiger partial charge in [-0.1, -0.05) is 0 Å². The van der Waals surface area contributed by atoms with Crippen LogP contribution in [0.5, 0.6) is 0 Å². The van der Waals surface area contributed by atoms with E-state index in [9.17, 15) is 9.18 Å². The summed E-state index contributed by atoms with van der Waals surface area (Å²) >= 11 is 0. The number of benzene rings is 1. The number of carbonyl (C=O) groups is 1. The van der Waals surface area contributed by atoms with Gasteiger partial charge in [-0.2, -0.15) is 5.10 Å². The van der Waals surface area contributed by atoms with E-state index in [1.54, 1.807) is 22.9 Å². The van der Waals surface area contributed by atoms with Crippen LogP contribution in [0.3, 0.4) is 0 Å². The summed E-state index contributed by atoms with van der Waals surface area (Å²) in [7, 11) is 0. The second-order valence-electron chi connectivity index (χ2n) is 5.67. The van der Waals surface area contributed by atoms with Crippen molar-refractivity contribution < 1.29 is 9.18 Å². The summed E-state index contributed by atoms with van der Waals surface area (Å²) in [6.45, 7) is 6.10. The maximum absolute atomic E-state index is 13.0. The molecule has 1 aliphatic rings. The van der Waals surface area contributed by atoms with Crippen LogP contribution in [0.2, 0.25) is 0 Å². The minimum atomic E-state index is -0.292. The number of nitrogens with one attached hydrogen (secondary N) is 1. The van der Waals surface area contributed by atoms with E-state index in [0.29, 0.717) is 18.8 Å². The highest BCUT2D eigenvalue weighted by atomic mass is 35.5. The zero-order valence-electron chi connectivity index (χ0n) is 13.1. The van der Waals surface area contributed by atoms with E-state index in [1.807, 2.05) is 11.8 Å². The summed E-state index contributed by atoms with van der Waals surface area (Å²) in [5, 5.41) is 7.70. The van der Waals surface area contributed by atoms with Crippen molar-refractivity contribution >= 4 is 18.3 Å². The molecular formula is C16H20ClFN4O. The summed E-state index contributed by atoms with van der Waals surface area (Å²) in [6.07, 6.45) is 0. The lowest BCUT2D eigenvalue weighted by Gasteiger charge is -2.31. The van der Waals surface area contributed by atoms with Crippen molar-refractivity contribution in [1.82, 2.24) is 20.0 Å². The zero-order chi connectivity index (χ0) is 15.7. The summed E-state index contributed by atoms with van der Waals surface area (Å²) in [6, 6.07) is 8.13. The van der Waals surface area contributed by atoms with Gasteiger partial charge in [0.1, 0.15) is 5.82 Å². The number of piperazine rings is 1. The highest BCUT2D eigenvalue weighted by Crippen LogP contribution is 2.15. The van der Waals surface area contributed by atoms with Crippen molar-refractivity contribution in [2.75, 3.05) is 19.6 Å². The summed E-state index contributed by atoms with van der Waals surface area (Å²) in [4.78, 5) is 14.4. The molecule has 0 unspecified atom stereocenters. The fraction of sp³-hybridized carbons (Fsp3) is 0.375. The quantitative estimate of drug-likeness (QED) is 0.913. The third-order valence-corrected chi connectivity index (χ3v) is 3.83. The van der Waals surface area contributed by atoms with Gasteiger partial charge in [0.2, 0.25) is 0 Å². The third-order valence-electron chi connectivity index (χ3n) is 3.83. The molecule has 0 radical (unpaired) electrons. The Morgan fingerprint density at radius 1 is 1.35 bits per heavy atom. The SMILES string of the molecule is Cc1cc(C(=O)N2CCN[C@H](C)C2)nn1-c1ccc(F)cc1.Cl. The lowest BCUT2D eigenvalue weighted by molar-refractivity contribution is 0.0702. The van der Waals surface area contributed by atoms with E-state index in [4.69, 9.17) is 0 Å². The van der Waals surface area contributed by atoms with Gasteiger partial charge in [-0.3, -0.25) is 4.79 Å². The minimum Gasteiger partial charge on any atom is -0.334 e. The van der Waals surface area contributed by atoms with Crippen LogP contribution < -0.4 is 5.32 Å². The van der Waals surface area contributed by atoms with Gasteiger partial charge in [-0.05, 0) is 44.2 Å². The Balaban J connectivity index is 0.00000192. The van der Waals surface area contributed by atoms with E-state index < -0.39 is 0 Å². The van der Waals surface area contributed by atoms with Crippen molar-refractivity contribution in [2.24, 2.45) is 0 Å². The molecule has 1 fully saturated rings. The molecule has 5 nitrogen and oxygen atoms in total. The smallest absolute Gasteiger partial charge is 0.274 e. The number of halogens is 2. The van der Waals surface area contributed by atoms with Crippen LogP contribution in [0.15, 0.2) is 30.3 Å². The number of aryl methyl sites for hydroxylation is 1. The molecule has 7 heteroatoms. The average Bonchev–Trinajstić information content (AvgIpc) is 2.89. The number of amides is 1. The second-order valence-corrected chi connectivity index (χ2v) is 5.67. The normalized spacial score (nSPS) is 17.7. The standard InChI is InChI=1S/C16H19FN4O.ClH/c1-11-10-20(8-7-18-11)16(22)15-9-12(2)21(19-15)14-5-3-13(17)4-6-14;/h3-6,9,11,18H,7-8,10H2,1-2H3;1H/t11-;/m1./s1. The number of rotatable bonds is 2. The number of aromatic nitrogens is 2. The molecule has 0 aliphatic carbocycles. The van der Waals surface area contributed by atoms with E-state index in [-0.39, 0.29) is 30.2 Å². The molecule has 1 atom stereocenters. The van der Waals surface area contributed by atoms with Gasteiger partial charge in [0.15, 0.2) is 5.69 Å². The van der Waals surface area contributed by atoms with Crippen molar-refractivity contribution in [2.45, 2.75) is 19.9 Å². The molecule has 1 aliphatic heterocycles. The van der Waals surface area contributed by atoms with Crippen LogP contribution >= 0.6 is 12.4 Å². The number of hydrogen-bond donors (Lipinski definition) is 1. The van der Waals surface area contributed by atoms with Crippen molar-refractivity contribution in [3.8, 4) is 5.69 Å². The van der Waals surface area contributed by atoms with E-state index in [1.165, 1.54) is 12.1 Å². The van der Waals surface area contributed by atoms with Crippen LogP contribution in [0.1, 0.15) is 23.1 Å². The molecule has 1 saturated heterocycles. The molecule has 0 saturated carbocycles. The number of carbonyl (C=O) groups excluding carboxylic acids is 1. The van der Waals surface area contributed by atoms with Gasteiger partial charge in [-0.25, -0.2) is 9.07 Å². The first-order valence-electron chi connectivity index (χ1n) is 7.40. The largest absolute Gasteiger partial charge is 0.334 e. The number of nitrogens with zero attached hydrogens (tertiary/aromatic N) is 3. The maximum Gasteiger partial charge on any atom is 0.274 e. The van der Waals surface area contributed by atoms with Gasteiger partial charge in [-0.15, -0.1) is 12.4 Å². The van der Waals surface area contributed by atoms with Crippen molar-refractivity contribution in [3.05, 3.63) is 47.5 Å². The molecule has 2 aromatic rings. The molecule has 1 amide bonds. The Morgan fingerprint density at radius 2 is 2.04 bits per heavy atom. The predicted octanol–water partition coefficient (Wildman–Crippen LogP) is 2.18. The van der Waals surface area contributed by atoms with Gasteiger partial charge >= 0.3 is 0 Å². The van der Waals surface area contributed by atoms with Crippen LogP contribution in [0.4, 0.5) is 4.39 Å². The molecule has 23 heavy (non-hydrogen) atoms. The zero-order valence-corrected chi connectivity index (χ0v) is 13.9. The highest BCUT2D eigenvalue weighted by molar-refractivity contribution is 5.92. The van der Waals surface area contributed by atoms with Crippen LogP contribution in [-0.4, -0.2) is 46.3 Å². The molecular weight excluding hydrogens is 319 g/mol. The van der Waals surface area contributed by atoms with Gasteiger partial charge < -0.3 is 10.2 Å². The third kappa shape index (κ3) is 3.71. The monoisotopic (exact) mass is 338 g/mol. The van der Waals surface area contributed by atoms with E-state index >= 15 is 0 Å². The second kappa shape index (κ2) is 7.10. The molecule has 124 valence electrons. The Morgan fingerprint density at radius 3 is 2.70 bits per heavy atom. The van der Waals surface area contributed by atoms with Gasteiger partial charge in [0.25, 0.3) is 5.91 Å². The lowest BCUT2D eigenvalue weighted by Crippen LogP contribution is -2.51. The first kappa shape index (κ1) is 17.4. The van der Waals surface area contributed by atoms with Crippen molar-refractivity contribution in [1.29, 1.82) is 0 Å². The lowest BCUT2D eigenvalue weighted by atomic mass is 10.2. The summed E-state index contributed by atoms with van der Waals surface area (Å²) in [5.74, 6) is -0.350. The minimum absolute atomic E-state index is 0. The Bertz CT molecular complexity index is 686. The predicted molar refractivity (Wildman–Crippen MR) is 88.9 cm³/mol. The summed E-state index contributed by atoms with van der Waals surface area (Å²) in [5.41, 5.74) is 2.01. The van der Waals surface area contributed by atoms with E-state index in [2.05, 4.69) is 17.3 Å². The van der Waals surface area contributed by atoms with Crippen molar-refractivity contribution in [3.63, 3.8) is 0 Å². The topological polar surface area (TPSA) is 50.2 Å². The molecule has 0 spiro atoms.